The summed E-state index contributed by atoms with van der Waals surface area (Å²) in [6.07, 6.45) is 0.562. The second-order valence-electron chi connectivity index (χ2n) is 4.71. The smallest absolute Gasteiger partial charge is 0.224 e. The zero-order valence-electron chi connectivity index (χ0n) is 12.2. The van der Waals surface area contributed by atoms with Crippen LogP contribution in [-0.2, 0) is 4.79 Å². The normalized spacial score (nSPS) is 9.95. The van der Waals surface area contributed by atoms with Crippen LogP contribution in [-0.4, -0.2) is 5.91 Å². The highest BCUT2D eigenvalue weighted by Gasteiger charge is 2.05. The van der Waals surface area contributed by atoms with Gasteiger partial charge in [-0.1, -0.05) is 58.0 Å². The number of carbonyl (C=O) groups excluding carboxylic acids is 1. The molecule has 0 fully saturated rings. The SMILES string of the molecule is CC.CC(C)CC(=O)Nc1ccc2ccccc2c1. The van der Waals surface area contributed by atoms with Gasteiger partial charge in [0.2, 0.25) is 5.91 Å². The lowest BCUT2D eigenvalue weighted by molar-refractivity contribution is -0.116. The topological polar surface area (TPSA) is 29.1 Å². The highest BCUT2D eigenvalue weighted by Crippen LogP contribution is 2.19. The van der Waals surface area contributed by atoms with E-state index in [1.165, 1.54) is 5.39 Å². The summed E-state index contributed by atoms with van der Waals surface area (Å²) >= 11 is 0. The highest BCUT2D eigenvalue weighted by molar-refractivity contribution is 5.94. The molecule has 0 saturated heterocycles. The summed E-state index contributed by atoms with van der Waals surface area (Å²) in [4.78, 5) is 11.6. The minimum Gasteiger partial charge on any atom is -0.326 e. The van der Waals surface area contributed by atoms with Crippen molar-refractivity contribution in [2.75, 3.05) is 5.32 Å². The second-order valence-corrected chi connectivity index (χ2v) is 4.71. The zero-order valence-corrected chi connectivity index (χ0v) is 12.2. The predicted octanol–water partition coefficient (Wildman–Crippen LogP) is 4.85. The largest absolute Gasteiger partial charge is 0.326 e. The summed E-state index contributed by atoms with van der Waals surface area (Å²) in [6.45, 7) is 8.08. The number of hydrogen-bond donors (Lipinski definition) is 1. The monoisotopic (exact) mass is 257 g/mol. The van der Waals surface area contributed by atoms with E-state index < -0.39 is 0 Å². The van der Waals surface area contributed by atoms with Gasteiger partial charge in [-0.3, -0.25) is 4.79 Å². The Kier molecular flexibility index (Phi) is 6.07. The van der Waals surface area contributed by atoms with Crippen LogP contribution in [0.2, 0.25) is 0 Å². The molecule has 2 nitrogen and oxygen atoms in total. The van der Waals surface area contributed by atoms with Crippen molar-refractivity contribution in [1.82, 2.24) is 0 Å². The van der Waals surface area contributed by atoms with Gasteiger partial charge in [0.25, 0.3) is 0 Å². The van der Waals surface area contributed by atoms with E-state index in [1.807, 2.05) is 64.1 Å². The maximum absolute atomic E-state index is 11.6. The number of hydrogen-bond acceptors (Lipinski definition) is 1. The second kappa shape index (κ2) is 7.57. The van der Waals surface area contributed by atoms with Crippen molar-refractivity contribution in [1.29, 1.82) is 0 Å². The Morgan fingerprint density at radius 2 is 1.68 bits per heavy atom. The van der Waals surface area contributed by atoms with Crippen LogP contribution in [0.25, 0.3) is 10.8 Å². The Labute approximate surface area is 115 Å². The molecule has 0 aliphatic heterocycles. The number of fused-ring (bicyclic) bond motifs is 1. The molecule has 2 rings (SSSR count). The van der Waals surface area contributed by atoms with Crippen molar-refractivity contribution < 1.29 is 4.79 Å². The average Bonchev–Trinajstić information content (AvgIpc) is 2.40. The molecule has 0 aliphatic rings. The number of anilines is 1. The lowest BCUT2D eigenvalue weighted by atomic mass is 10.1. The fourth-order valence-corrected chi connectivity index (χ4v) is 1.85. The van der Waals surface area contributed by atoms with Gasteiger partial charge in [0.15, 0.2) is 0 Å². The first-order valence-electron chi connectivity index (χ1n) is 6.94. The molecule has 2 aromatic carbocycles. The molecule has 2 aromatic rings. The van der Waals surface area contributed by atoms with Crippen LogP contribution in [0.1, 0.15) is 34.1 Å². The highest BCUT2D eigenvalue weighted by atomic mass is 16.1. The first-order chi connectivity index (χ1) is 9.15. The molecule has 102 valence electrons. The number of benzene rings is 2. The molecule has 0 radical (unpaired) electrons. The van der Waals surface area contributed by atoms with E-state index in [1.54, 1.807) is 0 Å². The van der Waals surface area contributed by atoms with Crippen LogP contribution in [0.4, 0.5) is 5.69 Å². The molecule has 1 amide bonds. The summed E-state index contributed by atoms with van der Waals surface area (Å²) < 4.78 is 0. The maximum Gasteiger partial charge on any atom is 0.224 e. The summed E-state index contributed by atoms with van der Waals surface area (Å²) in [5, 5.41) is 5.26. The minimum atomic E-state index is 0.0790. The third kappa shape index (κ3) is 4.74. The quantitative estimate of drug-likeness (QED) is 0.836. The van der Waals surface area contributed by atoms with Crippen molar-refractivity contribution in [3.63, 3.8) is 0 Å². The summed E-state index contributed by atoms with van der Waals surface area (Å²) in [5.41, 5.74) is 0.870. The summed E-state index contributed by atoms with van der Waals surface area (Å²) in [5.74, 6) is 0.464. The molecule has 1 N–H and O–H groups in total. The zero-order chi connectivity index (χ0) is 14.3. The van der Waals surface area contributed by atoms with Crippen LogP contribution in [0.3, 0.4) is 0 Å². The van der Waals surface area contributed by atoms with E-state index in [2.05, 4.69) is 11.4 Å². The van der Waals surface area contributed by atoms with E-state index in [-0.39, 0.29) is 5.91 Å². The minimum absolute atomic E-state index is 0.0790. The molecular formula is C17H23NO. The van der Waals surface area contributed by atoms with Gasteiger partial charge in [-0.05, 0) is 28.8 Å². The molecule has 0 atom stereocenters. The Balaban J connectivity index is 0.000000861. The summed E-state index contributed by atoms with van der Waals surface area (Å²) in [6, 6.07) is 14.1. The molecule has 0 spiro atoms. The van der Waals surface area contributed by atoms with Crippen LogP contribution in [0.15, 0.2) is 42.5 Å². The van der Waals surface area contributed by atoms with Crippen molar-refractivity contribution in [2.45, 2.75) is 34.1 Å². The van der Waals surface area contributed by atoms with Crippen LogP contribution < -0.4 is 5.32 Å². The van der Waals surface area contributed by atoms with Gasteiger partial charge < -0.3 is 5.32 Å². The molecule has 2 heteroatoms. The van der Waals surface area contributed by atoms with Gasteiger partial charge in [-0.25, -0.2) is 0 Å². The van der Waals surface area contributed by atoms with Gasteiger partial charge in [0.05, 0.1) is 0 Å². The van der Waals surface area contributed by atoms with Crippen molar-refractivity contribution in [2.24, 2.45) is 5.92 Å². The van der Waals surface area contributed by atoms with E-state index in [0.29, 0.717) is 12.3 Å². The lowest BCUT2D eigenvalue weighted by Gasteiger charge is -2.08. The first kappa shape index (κ1) is 15.2. The van der Waals surface area contributed by atoms with E-state index in [4.69, 9.17) is 0 Å². The molecule has 0 aliphatic carbocycles. The Morgan fingerprint density at radius 3 is 2.32 bits per heavy atom. The van der Waals surface area contributed by atoms with Gasteiger partial charge in [0, 0.05) is 12.1 Å². The van der Waals surface area contributed by atoms with E-state index in [9.17, 15) is 4.79 Å². The molecular weight excluding hydrogens is 234 g/mol. The number of carbonyl (C=O) groups is 1. The molecule has 0 unspecified atom stereocenters. The first-order valence-corrected chi connectivity index (χ1v) is 6.94. The molecule has 19 heavy (non-hydrogen) atoms. The van der Waals surface area contributed by atoms with Crippen molar-refractivity contribution in [3.8, 4) is 0 Å². The van der Waals surface area contributed by atoms with E-state index in [0.717, 1.165) is 11.1 Å². The fourth-order valence-electron chi connectivity index (χ4n) is 1.85. The molecule has 0 aromatic heterocycles. The van der Waals surface area contributed by atoms with Crippen LogP contribution >= 0.6 is 0 Å². The number of amides is 1. The van der Waals surface area contributed by atoms with E-state index >= 15 is 0 Å². The third-order valence-electron chi connectivity index (χ3n) is 2.63. The van der Waals surface area contributed by atoms with Gasteiger partial charge in [-0.2, -0.15) is 0 Å². The van der Waals surface area contributed by atoms with Gasteiger partial charge >= 0.3 is 0 Å². The summed E-state index contributed by atoms with van der Waals surface area (Å²) in [7, 11) is 0. The van der Waals surface area contributed by atoms with Crippen molar-refractivity contribution >= 4 is 22.4 Å². The predicted molar refractivity (Wildman–Crippen MR) is 83.4 cm³/mol. The lowest BCUT2D eigenvalue weighted by Crippen LogP contribution is -2.13. The Hall–Kier alpha value is -1.83. The van der Waals surface area contributed by atoms with Crippen LogP contribution in [0.5, 0.6) is 0 Å². The molecule has 0 heterocycles. The Morgan fingerprint density at radius 1 is 1.05 bits per heavy atom. The van der Waals surface area contributed by atoms with Crippen molar-refractivity contribution in [3.05, 3.63) is 42.5 Å². The Bertz CT molecular complexity index is 532. The van der Waals surface area contributed by atoms with Crippen LogP contribution in [0, 0.1) is 5.92 Å². The molecule has 0 saturated carbocycles. The number of nitrogens with one attached hydrogen (secondary N) is 1. The van der Waals surface area contributed by atoms with Gasteiger partial charge in [-0.15, -0.1) is 0 Å². The average molecular weight is 257 g/mol. The fraction of sp³-hybridized carbons (Fsp3) is 0.353. The third-order valence-corrected chi connectivity index (χ3v) is 2.63. The maximum atomic E-state index is 11.6. The standard InChI is InChI=1S/C15H17NO.C2H6/c1-11(2)9-15(17)16-14-8-7-12-5-3-4-6-13(12)10-14;1-2/h3-8,10-11H,9H2,1-2H3,(H,16,17);1-2H3. The molecule has 0 bridgehead atoms. The van der Waals surface area contributed by atoms with Gasteiger partial charge in [0.1, 0.15) is 0 Å². The number of rotatable bonds is 3.